The molecule has 0 heterocycles. The third-order valence-electron chi connectivity index (χ3n) is 4.79. The van der Waals surface area contributed by atoms with Crippen LogP contribution in [0.25, 0.3) is 10.8 Å². The first-order valence-corrected chi connectivity index (χ1v) is 10.2. The highest BCUT2D eigenvalue weighted by Crippen LogP contribution is 2.21. The molecule has 2 amide bonds. The monoisotopic (exact) mass is 455 g/mol. The first-order chi connectivity index (χ1) is 16.5. The maximum Gasteiger partial charge on any atom is 0.344 e. The Morgan fingerprint density at radius 1 is 0.794 bits per heavy atom. The summed E-state index contributed by atoms with van der Waals surface area (Å²) >= 11 is 0. The van der Waals surface area contributed by atoms with Crippen molar-refractivity contribution in [1.29, 1.82) is 0 Å². The van der Waals surface area contributed by atoms with Crippen molar-refractivity contribution in [2.45, 2.75) is 0 Å². The summed E-state index contributed by atoms with van der Waals surface area (Å²) in [7, 11) is 0. The number of rotatable bonds is 5. The molecule has 0 fully saturated rings. The van der Waals surface area contributed by atoms with Gasteiger partial charge >= 0.3 is 17.8 Å². The molecule has 4 aromatic rings. The molecule has 0 aliphatic rings. The predicted molar refractivity (Wildman–Crippen MR) is 126 cm³/mol. The molecular formula is C26H18FN3O4. The second-order valence-electron chi connectivity index (χ2n) is 7.15. The van der Waals surface area contributed by atoms with E-state index in [9.17, 15) is 18.8 Å². The van der Waals surface area contributed by atoms with Gasteiger partial charge in [0.15, 0.2) is 0 Å². The summed E-state index contributed by atoms with van der Waals surface area (Å²) in [5.74, 6) is -2.52. The maximum absolute atomic E-state index is 12.9. The SMILES string of the molecule is O=C(N/N=C/c1ccc(OC(=O)c2cccc3ccccc23)cc1)C(=O)Nc1ccc(F)cc1. The lowest BCUT2D eigenvalue weighted by molar-refractivity contribution is -0.136. The van der Waals surface area contributed by atoms with Gasteiger partial charge in [0.25, 0.3) is 0 Å². The number of ether oxygens (including phenoxy) is 1. The third kappa shape index (κ3) is 5.49. The number of fused-ring (bicyclic) bond motifs is 1. The number of amides is 2. The smallest absolute Gasteiger partial charge is 0.344 e. The molecular weight excluding hydrogens is 437 g/mol. The number of esters is 1. The minimum Gasteiger partial charge on any atom is -0.423 e. The van der Waals surface area contributed by atoms with Crippen molar-refractivity contribution in [2.24, 2.45) is 5.10 Å². The van der Waals surface area contributed by atoms with E-state index in [-0.39, 0.29) is 5.69 Å². The van der Waals surface area contributed by atoms with E-state index in [1.165, 1.54) is 18.3 Å². The van der Waals surface area contributed by atoms with Gasteiger partial charge in [-0.3, -0.25) is 9.59 Å². The summed E-state index contributed by atoms with van der Waals surface area (Å²) in [5.41, 5.74) is 3.45. The number of carbonyl (C=O) groups excluding carboxylic acids is 3. The van der Waals surface area contributed by atoms with Crippen LogP contribution in [0.5, 0.6) is 5.75 Å². The lowest BCUT2D eigenvalue weighted by Crippen LogP contribution is -2.32. The van der Waals surface area contributed by atoms with Crippen molar-refractivity contribution in [1.82, 2.24) is 5.43 Å². The minimum atomic E-state index is -0.985. The van der Waals surface area contributed by atoms with Crippen molar-refractivity contribution in [3.8, 4) is 5.75 Å². The number of halogens is 1. The second-order valence-corrected chi connectivity index (χ2v) is 7.15. The number of anilines is 1. The Kier molecular flexibility index (Phi) is 6.69. The Labute approximate surface area is 193 Å². The van der Waals surface area contributed by atoms with Gasteiger partial charge < -0.3 is 10.1 Å². The molecule has 8 heteroatoms. The van der Waals surface area contributed by atoms with Gasteiger partial charge in [-0.2, -0.15) is 5.10 Å². The van der Waals surface area contributed by atoms with Gasteiger partial charge in [-0.05, 0) is 70.9 Å². The summed E-state index contributed by atoms with van der Waals surface area (Å²) in [6, 6.07) is 24.4. The van der Waals surface area contributed by atoms with Gasteiger partial charge in [-0.25, -0.2) is 14.6 Å². The van der Waals surface area contributed by atoms with Crippen LogP contribution < -0.4 is 15.5 Å². The zero-order valence-corrected chi connectivity index (χ0v) is 17.7. The van der Waals surface area contributed by atoms with Gasteiger partial charge in [0.1, 0.15) is 11.6 Å². The summed E-state index contributed by atoms with van der Waals surface area (Å²) in [5, 5.41) is 7.81. The highest BCUT2D eigenvalue weighted by atomic mass is 19.1. The maximum atomic E-state index is 12.9. The van der Waals surface area contributed by atoms with Crippen LogP contribution in [0.2, 0.25) is 0 Å². The van der Waals surface area contributed by atoms with E-state index < -0.39 is 23.6 Å². The van der Waals surface area contributed by atoms with Crippen LogP contribution in [0.4, 0.5) is 10.1 Å². The molecule has 0 radical (unpaired) electrons. The van der Waals surface area contributed by atoms with Crippen molar-refractivity contribution in [2.75, 3.05) is 5.32 Å². The molecule has 0 saturated carbocycles. The summed E-state index contributed by atoms with van der Waals surface area (Å²) in [4.78, 5) is 36.3. The molecule has 4 rings (SSSR count). The molecule has 2 N–H and O–H groups in total. The van der Waals surface area contributed by atoms with Gasteiger partial charge in [0.2, 0.25) is 0 Å². The molecule has 0 aliphatic carbocycles. The van der Waals surface area contributed by atoms with Gasteiger partial charge in [-0.1, -0.05) is 36.4 Å². The Morgan fingerprint density at radius 2 is 1.50 bits per heavy atom. The molecule has 34 heavy (non-hydrogen) atoms. The van der Waals surface area contributed by atoms with Crippen LogP contribution >= 0.6 is 0 Å². The van der Waals surface area contributed by atoms with E-state index in [4.69, 9.17) is 4.74 Å². The average Bonchev–Trinajstić information content (AvgIpc) is 2.86. The van der Waals surface area contributed by atoms with Crippen molar-refractivity contribution < 1.29 is 23.5 Å². The number of hydrogen-bond donors (Lipinski definition) is 2. The fraction of sp³-hybridized carbons (Fsp3) is 0. The summed E-state index contributed by atoms with van der Waals surface area (Å²) in [6.07, 6.45) is 1.33. The molecule has 0 saturated heterocycles. The molecule has 0 aliphatic heterocycles. The van der Waals surface area contributed by atoms with Crippen LogP contribution in [0, 0.1) is 5.82 Å². The predicted octanol–water partition coefficient (Wildman–Crippen LogP) is 4.29. The third-order valence-corrected chi connectivity index (χ3v) is 4.79. The quantitative estimate of drug-likeness (QED) is 0.154. The fourth-order valence-electron chi connectivity index (χ4n) is 3.12. The molecule has 0 spiro atoms. The number of nitrogens with zero attached hydrogens (tertiary/aromatic N) is 1. The number of hydrazone groups is 1. The van der Waals surface area contributed by atoms with Crippen LogP contribution in [-0.4, -0.2) is 24.0 Å². The average molecular weight is 455 g/mol. The molecule has 0 bridgehead atoms. The number of benzene rings is 4. The highest BCUT2D eigenvalue weighted by Gasteiger charge is 2.13. The zero-order chi connectivity index (χ0) is 23.9. The van der Waals surface area contributed by atoms with Crippen LogP contribution in [0.15, 0.2) is 96.1 Å². The summed E-state index contributed by atoms with van der Waals surface area (Å²) in [6.45, 7) is 0. The molecule has 7 nitrogen and oxygen atoms in total. The number of carbonyl (C=O) groups is 3. The largest absolute Gasteiger partial charge is 0.423 e. The Balaban J connectivity index is 1.32. The Hall–Kier alpha value is -4.85. The zero-order valence-electron chi connectivity index (χ0n) is 17.7. The van der Waals surface area contributed by atoms with E-state index >= 15 is 0 Å². The van der Waals surface area contributed by atoms with Gasteiger partial charge in [-0.15, -0.1) is 0 Å². The van der Waals surface area contributed by atoms with E-state index in [0.717, 1.165) is 22.9 Å². The summed E-state index contributed by atoms with van der Waals surface area (Å²) < 4.78 is 18.4. The first kappa shape index (κ1) is 22.3. The first-order valence-electron chi connectivity index (χ1n) is 10.2. The van der Waals surface area contributed by atoms with Crippen molar-refractivity contribution >= 4 is 40.5 Å². The number of nitrogens with one attached hydrogen (secondary N) is 2. The van der Waals surface area contributed by atoms with Crippen LogP contribution in [0.1, 0.15) is 15.9 Å². The molecule has 0 unspecified atom stereocenters. The van der Waals surface area contributed by atoms with E-state index in [1.54, 1.807) is 36.4 Å². The topological polar surface area (TPSA) is 96.9 Å². The number of hydrogen-bond acceptors (Lipinski definition) is 5. The standard InChI is InChI=1S/C26H18FN3O4/c27-19-10-12-20(13-11-19)29-24(31)25(32)30-28-16-17-8-14-21(15-9-17)34-26(33)23-7-3-5-18-4-1-2-6-22(18)23/h1-16H,(H,29,31)(H,30,32)/b28-16+. The molecule has 0 aromatic heterocycles. The van der Waals surface area contributed by atoms with Crippen LogP contribution in [-0.2, 0) is 9.59 Å². The van der Waals surface area contributed by atoms with E-state index in [1.807, 2.05) is 30.3 Å². The lowest BCUT2D eigenvalue weighted by atomic mass is 10.0. The van der Waals surface area contributed by atoms with Crippen molar-refractivity contribution in [3.63, 3.8) is 0 Å². The minimum absolute atomic E-state index is 0.277. The van der Waals surface area contributed by atoms with Crippen LogP contribution in [0.3, 0.4) is 0 Å². The highest BCUT2D eigenvalue weighted by molar-refractivity contribution is 6.39. The molecule has 4 aromatic carbocycles. The van der Waals surface area contributed by atoms with E-state index in [2.05, 4.69) is 15.8 Å². The Morgan fingerprint density at radius 3 is 2.26 bits per heavy atom. The van der Waals surface area contributed by atoms with Gasteiger partial charge in [0.05, 0.1) is 11.8 Å². The van der Waals surface area contributed by atoms with Crippen molar-refractivity contribution in [3.05, 3.63) is 108 Å². The Bertz CT molecular complexity index is 1380. The fourth-order valence-corrected chi connectivity index (χ4v) is 3.12. The van der Waals surface area contributed by atoms with Gasteiger partial charge in [0, 0.05) is 5.69 Å². The normalized spacial score (nSPS) is 10.7. The van der Waals surface area contributed by atoms with E-state index in [0.29, 0.717) is 16.9 Å². The molecule has 168 valence electrons. The molecule has 0 atom stereocenters. The second kappa shape index (κ2) is 10.2. The lowest BCUT2D eigenvalue weighted by Gasteiger charge is -2.07.